The summed E-state index contributed by atoms with van der Waals surface area (Å²) in [5.41, 5.74) is 1.49. The second kappa shape index (κ2) is 8.41. The molecule has 0 fully saturated rings. The standard InChI is InChI=1S/C25H16F4O/c26-21-8-4-7-20(25(21)29)18-9-11-19(22(27)13-18)17-10-12-24(23(28)14-17)30-15-16-5-2-1-3-6-16/h1-14H,15H2. The van der Waals surface area contributed by atoms with Crippen molar-refractivity contribution in [3.63, 3.8) is 0 Å². The lowest BCUT2D eigenvalue weighted by Gasteiger charge is -2.11. The monoisotopic (exact) mass is 408 g/mol. The number of hydrogen-bond acceptors (Lipinski definition) is 1. The Hall–Kier alpha value is -3.60. The Bertz CT molecular complexity index is 1190. The zero-order valence-electron chi connectivity index (χ0n) is 15.7. The van der Waals surface area contributed by atoms with Crippen molar-refractivity contribution in [3.05, 3.63) is 114 Å². The molecule has 0 unspecified atom stereocenters. The van der Waals surface area contributed by atoms with Gasteiger partial charge in [-0.3, -0.25) is 0 Å². The molecule has 0 N–H and O–H groups in total. The van der Waals surface area contributed by atoms with E-state index in [1.807, 2.05) is 30.3 Å². The first kappa shape index (κ1) is 19.7. The van der Waals surface area contributed by atoms with Crippen molar-refractivity contribution in [3.8, 4) is 28.0 Å². The third-order valence-corrected chi connectivity index (χ3v) is 4.71. The molecular formula is C25H16F4O. The summed E-state index contributed by atoms with van der Waals surface area (Å²) in [4.78, 5) is 0. The molecule has 0 radical (unpaired) electrons. The van der Waals surface area contributed by atoms with Crippen molar-refractivity contribution in [2.45, 2.75) is 6.61 Å². The molecule has 5 heteroatoms. The van der Waals surface area contributed by atoms with Gasteiger partial charge in [0.1, 0.15) is 12.4 Å². The molecule has 0 heterocycles. The predicted molar refractivity (Wildman–Crippen MR) is 108 cm³/mol. The summed E-state index contributed by atoms with van der Waals surface area (Å²) < 4.78 is 62.1. The second-order valence-corrected chi connectivity index (χ2v) is 6.72. The fourth-order valence-corrected chi connectivity index (χ4v) is 3.16. The van der Waals surface area contributed by atoms with E-state index in [0.717, 1.165) is 17.7 Å². The Morgan fingerprint density at radius 3 is 2.00 bits per heavy atom. The second-order valence-electron chi connectivity index (χ2n) is 6.72. The summed E-state index contributed by atoms with van der Waals surface area (Å²) >= 11 is 0. The van der Waals surface area contributed by atoms with Crippen LogP contribution in [-0.4, -0.2) is 0 Å². The maximum absolute atomic E-state index is 14.7. The topological polar surface area (TPSA) is 9.23 Å². The number of ether oxygens (including phenoxy) is 1. The van der Waals surface area contributed by atoms with E-state index >= 15 is 0 Å². The summed E-state index contributed by atoms with van der Waals surface area (Å²) in [6.07, 6.45) is 0. The molecule has 150 valence electrons. The van der Waals surface area contributed by atoms with Gasteiger partial charge in [0, 0.05) is 11.1 Å². The van der Waals surface area contributed by atoms with Crippen molar-refractivity contribution in [1.29, 1.82) is 0 Å². The lowest BCUT2D eigenvalue weighted by molar-refractivity contribution is 0.290. The quantitative estimate of drug-likeness (QED) is 0.319. The third-order valence-electron chi connectivity index (χ3n) is 4.71. The number of rotatable bonds is 5. The number of benzene rings is 4. The molecule has 0 spiro atoms. The van der Waals surface area contributed by atoms with Crippen LogP contribution in [0.5, 0.6) is 5.75 Å². The molecule has 30 heavy (non-hydrogen) atoms. The van der Waals surface area contributed by atoms with Crippen molar-refractivity contribution in [2.75, 3.05) is 0 Å². The van der Waals surface area contributed by atoms with E-state index in [9.17, 15) is 17.6 Å². The van der Waals surface area contributed by atoms with Crippen LogP contribution < -0.4 is 4.74 Å². The van der Waals surface area contributed by atoms with Gasteiger partial charge >= 0.3 is 0 Å². The Morgan fingerprint density at radius 1 is 0.567 bits per heavy atom. The van der Waals surface area contributed by atoms with Gasteiger partial charge in [-0.15, -0.1) is 0 Å². The van der Waals surface area contributed by atoms with E-state index in [0.29, 0.717) is 5.56 Å². The lowest BCUT2D eigenvalue weighted by atomic mass is 9.99. The average Bonchev–Trinajstić information content (AvgIpc) is 2.75. The van der Waals surface area contributed by atoms with Crippen LogP contribution in [0.15, 0.2) is 84.9 Å². The number of hydrogen-bond donors (Lipinski definition) is 0. The Morgan fingerprint density at radius 2 is 1.27 bits per heavy atom. The van der Waals surface area contributed by atoms with E-state index < -0.39 is 23.3 Å². The predicted octanol–water partition coefficient (Wildman–Crippen LogP) is 7.16. The molecular weight excluding hydrogens is 392 g/mol. The van der Waals surface area contributed by atoms with E-state index in [2.05, 4.69) is 0 Å². The zero-order valence-corrected chi connectivity index (χ0v) is 15.7. The van der Waals surface area contributed by atoms with Gasteiger partial charge in [0.25, 0.3) is 0 Å². The van der Waals surface area contributed by atoms with Gasteiger partial charge in [0.15, 0.2) is 23.2 Å². The van der Waals surface area contributed by atoms with Gasteiger partial charge in [-0.2, -0.15) is 0 Å². The zero-order chi connectivity index (χ0) is 21.1. The maximum atomic E-state index is 14.7. The fourth-order valence-electron chi connectivity index (χ4n) is 3.16. The summed E-state index contributed by atoms with van der Waals surface area (Å²) in [6, 6.07) is 21.2. The van der Waals surface area contributed by atoms with Crippen LogP contribution >= 0.6 is 0 Å². The highest BCUT2D eigenvalue weighted by atomic mass is 19.2. The summed E-state index contributed by atoms with van der Waals surface area (Å²) in [5.74, 6) is -3.29. The molecule has 0 atom stereocenters. The highest BCUT2D eigenvalue weighted by molar-refractivity contribution is 5.71. The van der Waals surface area contributed by atoms with Crippen LogP contribution in [0, 0.1) is 23.3 Å². The smallest absolute Gasteiger partial charge is 0.166 e. The molecule has 4 aromatic carbocycles. The first-order valence-corrected chi connectivity index (χ1v) is 9.23. The molecule has 0 aliphatic rings. The number of halogens is 4. The van der Waals surface area contributed by atoms with Crippen LogP contribution in [0.1, 0.15) is 5.56 Å². The van der Waals surface area contributed by atoms with Crippen LogP contribution in [-0.2, 0) is 6.61 Å². The van der Waals surface area contributed by atoms with Crippen molar-refractivity contribution in [2.24, 2.45) is 0 Å². The molecule has 1 nitrogen and oxygen atoms in total. The minimum atomic E-state index is -1.05. The van der Waals surface area contributed by atoms with Gasteiger partial charge in [-0.05, 0) is 41.0 Å². The summed E-state index contributed by atoms with van der Waals surface area (Å²) in [5, 5.41) is 0. The lowest BCUT2D eigenvalue weighted by Crippen LogP contribution is -1.97. The van der Waals surface area contributed by atoms with Crippen LogP contribution in [0.3, 0.4) is 0 Å². The van der Waals surface area contributed by atoms with Gasteiger partial charge < -0.3 is 4.74 Å². The summed E-state index contributed by atoms with van der Waals surface area (Å²) in [6.45, 7) is 0.208. The Balaban J connectivity index is 1.58. The van der Waals surface area contributed by atoms with Gasteiger partial charge in [0.2, 0.25) is 0 Å². The molecule has 0 aliphatic heterocycles. The molecule has 0 amide bonds. The minimum absolute atomic E-state index is 0.0451. The van der Waals surface area contributed by atoms with Gasteiger partial charge in [-0.25, -0.2) is 17.6 Å². The molecule has 0 saturated heterocycles. The summed E-state index contributed by atoms with van der Waals surface area (Å²) in [7, 11) is 0. The SMILES string of the molecule is Fc1cc(-c2ccc(-c3cccc(F)c3F)cc2F)ccc1OCc1ccccc1. The largest absolute Gasteiger partial charge is 0.486 e. The molecule has 4 rings (SSSR count). The normalized spacial score (nSPS) is 10.8. The van der Waals surface area contributed by atoms with E-state index in [1.54, 1.807) is 6.07 Å². The van der Waals surface area contributed by atoms with Gasteiger partial charge in [-0.1, -0.05) is 60.7 Å². The van der Waals surface area contributed by atoms with E-state index in [1.165, 1.54) is 36.4 Å². The highest BCUT2D eigenvalue weighted by Crippen LogP contribution is 2.32. The van der Waals surface area contributed by atoms with E-state index in [4.69, 9.17) is 4.74 Å². The Kier molecular flexibility index (Phi) is 5.53. The fraction of sp³-hybridized carbons (Fsp3) is 0.0400. The molecule has 0 saturated carbocycles. The third kappa shape index (κ3) is 4.06. The van der Waals surface area contributed by atoms with Crippen LogP contribution in [0.2, 0.25) is 0 Å². The van der Waals surface area contributed by atoms with Crippen molar-refractivity contribution in [1.82, 2.24) is 0 Å². The van der Waals surface area contributed by atoms with Crippen molar-refractivity contribution < 1.29 is 22.3 Å². The minimum Gasteiger partial charge on any atom is -0.486 e. The van der Waals surface area contributed by atoms with Gasteiger partial charge in [0.05, 0.1) is 0 Å². The first-order valence-electron chi connectivity index (χ1n) is 9.23. The first-order chi connectivity index (χ1) is 14.5. The Labute approximate surface area is 171 Å². The maximum Gasteiger partial charge on any atom is 0.166 e. The highest BCUT2D eigenvalue weighted by Gasteiger charge is 2.14. The van der Waals surface area contributed by atoms with Crippen molar-refractivity contribution >= 4 is 0 Å². The molecule has 0 aliphatic carbocycles. The molecule has 4 aromatic rings. The average molecular weight is 408 g/mol. The molecule has 0 bridgehead atoms. The van der Waals surface area contributed by atoms with E-state index in [-0.39, 0.29) is 29.0 Å². The molecule has 0 aromatic heterocycles. The van der Waals surface area contributed by atoms with Crippen LogP contribution in [0.25, 0.3) is 22.3 Å². The van der Waals surface area contributed by atoms with Crippen LogP contribution in [0.4, 0.5) is 17.6 Å².